The molecule has 0 amide bonds. The van der Waals surface area contributed by atoms with Crippen LogP contribution < -0.4 is 5.32 Å². The summed E-state index contributed by atoms with van der Waals surface area (Å²) in [7, 11) is 0. The van der Waals surface area contributed by atoms with Gasteiger partial charge in [-0.15, -0.1) is 0 Å². The van der Waals surface area contributed by atoms with Crippen molar-refractivity contribution in [2.24, 2.45) is 11.8 Å². The Hall–Kier alpha value is -1.95. The number of nitrogens with one attached hydrogen (secondary N) is 1. The molecule has 172 valence electrons. The Bertz CT molecular complexity index is 771. The van der Waals surface area contributed by atoms with Crippen LogP contribution in [0, 0.1) is 17.7 Å². The van der Waals surface area contributed by atoms with E-state index in [9.17, 15) is 13.2 Å². The molecule has 0 radical (unpaired) electrons. The van der Waals surface area contributed by atoms with Crippen molar-refractivity contribution in [3.8, 4) is 0 Å². The lowest BCUT2D eigenvalue weighted by atomic mass is 9.95. The highest BCUT2D eigenvalue weighted by molar-refractivity contribution is 5.62. The molecule has 0 unspecified atom stereocenters. The summed E-state index contributed by atoms with van der Waals surface area (Å²) >= 11 is 0. The predicted molar refractivity (Wildman–Crippen MR) is 121 cm³/mol. The Kier molecular flexibility index (Phi) is 7.73. The molecule has 0 spiro atoms. The Morgan fingerprint density at radius 2 is 1.71 bits per heavy atom. The SMILES string of the molecule is C=C(NCC1CCN(C(=C)CN2CCC(C)CC2)CC1)c1cc(F)cc(C(C)(F)F)c1. The molecule has 2 saturated heterocycles. The summed E-state index contributed by atoms with van der Waals surface area (Å²) in [5.41, 5.74) is 1.73. The quantitative estimate of drug-likeness (QED) is 0.585. The van der Waals surface area contributed by atoms with E-state index in [-0.39, 0.29) is 5.56 Å². The number of benzene rings is 1. The molecular formula is C25H36F3N3. The molecule has 0 bridgehead atoms. The fourth-order valence-electron chi connectivity index (χ4n) is 4.42. The average molecular weight is 436 g/mol. The van der Waals surface area contributed by atoms with Crippen molar-refractivity contribution in [1.29, 1.82) is 0 Å². The molecule has 1 N–H and O–H groups in total. The molecule has 3 rings (SSSR count). The van der Waals surface area contributed by atoms with Gasteiger partial charge >= 0.3 is 0 Å². The monoisotopic (exact) mass is 435 g/mol. The van der Waals surface area contributed by atoms with Gasteiger partial charge in [0.15, 0.2) is 0 Å². The van der Waals surface area contributed by atoms with Gasteiger partial charge in [0.25, 0.3) is 5.92 Å². The molecular weight excluding hydrogens is 399 g/mol. The van der Waals surface area contributed by atoms with Gasteiger partial charge in [0.2, 0.25) is 0 Å². The van der Waals surface area contributed by atoms with Crippen LogP contribution in [-0.4, -0.2) is 49.1 Å². The zero-order valence-electron chi connectivity index (χ0n) is 18.9. The molecule has 31 heavy (non-hydrogen) atoms. The number of likely N-dealkylation sites (tertiary alicyclic amines) is 2. The van der Waals surface area contributed by atoms with E-state index < -0.39 is 11.7 Å². The number of hydrogen-bond acceptors (Lipinski definition) is 3. The van der Waals surface area contributed by atoms with Gasteiger partial charge in [-0.3, -0.25) is 4.90 Å². The summed E-state index contributed by atoms with van der Waals surface area (Å²) in [4.78, 5) is 4.90. The van der Waals surface area contributed by atoms with E-state index in [4.69, 9.17) is 0 Å². The Balaban J connectivity index is 1.43. The second kappa shape index (κ2) is 10.1. The van der Waals surface area contributed by atoms with E-state index in [0.717, 1.165) is 64.5 Å². The maximum absolute atomic E-state index is 13.8. The van der Waals surface area contributed by atoms with Crippen molar-refractivity contribution in [3.05, 3.63) is 54.0 Å². The Morgan fingerprint density at radius 1 is 1.06 bits per heavy atom. The highest BCUT2D eigenvalue weighted by atomic mass is 19.3. The van der Waals surface area contributed by atoms with E-state index in [1.807, 2.05) is 0 Å². The van der Waals surface area contributed by atoms with E-state index in [2.05, 4.69) is 35.2 Å². The van der Waals surface area contributed by atoms with Gasteiger partial charge in [0, 0.05) is 55.6 Å². The third-order valence-electron chi connectivity index (χ3n) is 6.70. The van der Waals surface area contributed by atoms with Crippen LogP contribution in [0.15, 0.2) is 37.1 Å². The molecule has 0 atom stereocenters. The fourth-order valence-corrected chi connectivity index (χ4v) is 4.42. The van der Waals surface area contributed by atoms with Gasteiger partial charge in [-0.1, -0.05) is 20.1 Å². The summed E-state index contributed by atoms with van der Waals surface area (Å²) in [6.45, 7) is 17.3. The van der Waals surface area contributed by atoms with Crippen molar-refractivity contribution in [1.82, 2.24) is 15.1 Å². The molecule has 2 heterocycles. The molecule has 2 aliphatic rings. The molecule has 6 heteroatoms. The lowest BCUT2D eigenvalue weighted by molar-refractivity contribution is 0.0171. The lowest BCUT2D eigenvalue weighted by Crippen LogP contribution is -2.41. The van der Waals surface area contributed by atoms with Gasteiger partial charge in [-0.2, -0.15) is 0 Å². The van der Waals surface area contributed by atoms with Crippen LogP contribution in [-0.2, 0) is 5.92 Å². The largest absolute Gasteiger partial charge is 0.385 e. The normalized spacial score (nSPS) is 19.5. The number of halogens is 3. The number of alkyl halides is 2. The Labute approximate surface area is 185 Å². The second-order valence-electron chi connectivity index (χ2n) is 9.43. The topological polar surface area (TPSA) is 18.5 Å². The van der Waals surface area contributed by atoms with Gasteiger partial charge in [0.05, 0.1) is 0 Å². The molecule has 2 aliphatic heterocycles. The molecule has 1 aromatic carbocycles. The fraction of sp³-hybridized carbons (Fsp3) is 0.600. The summed E-state index contributed by atoms with van der Waals surface area (Å²) in [6.07, 6.45) is 4.62. The minimum atomic E-state index is -3.08. The first-order valence-corrected chi connectivity index (χ1v) is 11.4. The zero-order valence-corrected chi connectivity index (χ0v) is 18.9. The first-order valence-electron chi connectivity index (χ1n) is 11.4. The molecule has 3 nitrogen and oxygen atoms in total. The average Bonchev–Trinajstić information content (AvgIpc) is 2.73. The molecule has 1 aromatic rings. The highest BCUT2D eigenvalue weighted by Gasteiger charge is 2.26. The van der Waals surface area contributed by atoms with Crippen LogP contribution in [0.3, 0.4) is 0 Å². The molecule has 0 aromatic heterocycles. The third-order valence-corrected chi connectivity index (χ3v) is 6.70. The van der Waals surface area contributed by atoms with E-state index in [1.165, 1.54) is 30.7 Å². The third kappa shape index (κ3) is 6.76. The predicted octanol–water partition coefficient (Wildman–Crippen LogP) is 5.46. The summed E-state index contributed by atoms with van der Waals surface area (Å²) in [6, 6.07) is 3.44. The smallest absolute Gasteiger partial charge is 0.270 e. The second-order valence-corrected chi connectivity index (χ2v) is 9.43. The molecule has 2 fully saturated rings. The minimum absolute atomic E-state index is 0.333. The summed E-state index contributed by atoms with van der Waals surface area (Å²) in [5.74, 6) is -2.46. The maximum atomic E-state index is 13.8. The number of piperidine rings is 2. The van der Waals surface area contributed by atoms with Crippen LogP contribution in [0.5, 0.6) is 0 Å². The van der Waals surface area contributed by atoms with Gasteiger partial charge in [0.1, 0.15) is 5.82 Å². The maximum Gasteiger partial charge on any atom is 0.270 e. The van der Waals surface area contributed by atoms with Crippen molar-refractivity contribution >= 4 is 5.70 Å². The van der Waals surface area contributed by atoms with Crippen LogP contribution in [0.1, 0.15) is 50.7 Å². The van der Waals surface area contributed by atoms with Crippen molar-refractivity contribution < 1.29 is 13.2 Å². The van der Waals surface area contributed by atoms with Crippen LogP contribution in [0.4, 0.5) is 13.2 Å². The lowest BCUT2D eigenvalue weighted by Gasteiger charge is -2.38. The van der Waals surface area contributed by atoms with Gasteiger partial charge < -0.3 is 10.2 Å². The molecule has 0 saturated carbocycles. The van der Waals surface area contributed by atoms with E-state index >= 15 is 0 Å². The number of hydrogen-bond donors (Lipinski definition) is 1. The Morgan fingerprint density at radius 3 is 2.32 bits per heavy atom. The first-order chi connectivity index (χ1) is 14.6. The zero-order chi connectivity index (χ0) is 22.6. The summed E-state index contributed by atoms with van der Waals surface area (Å²) < 4.78 is 41.0. The van der Waals surface area contributed by atoms with Crippen molar-refractivity contribution in [3.63, 3.8) is 0 Å². The van der Waals surface area contributed by atoms with Crippen LogP contribution in [0.25, 0.3) is 5.70 Å². The number of nitrogens with zero attached hydrogens (tertiary/aromatic N) is 2. The van der Waals surface area contributed by atoms with Crippen molar-refractivity contribution in [2.75, 3.05) is 39.3 Å². The van der Waals surface area contributed by atoms with Gasteiger partial charge in [-0.05, 0) is 68.8 Å². The van der Waals surface area contributed by atoms with Crippen LogP contribution >= 0.6 is 0 Å². The number of rotatable bonds is 8. The standard InChI is InChI=1S/C25H36F3N3/c1-18-5-9-30(10-6-18)17-19(2)31-11-7-21(8-12-31)16-29-20(3)22-13-23(25(4,27)28)15-24(26)14-22/h13-15,18,21,29H,2-3,5-12,16-17H2,1,4H3. The van der Waals surface area contributed by atoms with E-state index in [0.29, 0.717) is 23.7 Å². The minimum Gasteiger partial charge on any atom is -0.385 e. The molecule has 0 aliphatic carbocycles. The van der Waals surface area contributed by atoms with E-state index in [1.54, 1.807) is 0 Å². The van der Waals surface area contributed by atoms with Crippen LogP contribution in [0.2, 0.25) is 0 Å². The van der Waals surface area contributed by atoms with Gasteiger partial charge in [-0.25, -0.2) is 13.2 Å². The first kappa shape index (κ1) is 23.7. The highest BCUT2D eigenvalue weighted by Crippen LogP contribution is 2.30. The summed E-state index contributed by atoms with van der Waals surface area (Å²) in [5, 5.41) is 3.23. The van der Waals surface area contributed by atoms with Crippen molar-refractivity contribution in [2.45, 2.75) is 45.5 Å².